The predicted octanol–water partition coefficient (Wildman–Crippen LogP) is 6.58. The van der Waals surface area contributed by atoms with E-state index in [-0.39, 0.29) is 0 Å². The van der Waals surface area contributed by atoms with E-state index in [1.807, 2.05) is 115 Å². The number of benzene rings is 4. The van der Waals surface area contributed by atoms with Gasteiger partial charge in [-0.25, -0.2) is 0 Å². The molecule has 0 saturated carbocycles. The molecular formula is C31H29N3. The van der Waals surface area contributed by atoms with Gasteiger partial charge in [0.2, 0.25) is 0 Å². The normalized spacial score (nSPS) is 12.0. The molecule has 5 N–H and O–H groups in total. The average molecular weight is 444 g/mol. The highest BCUT2D eigenvalue weighted by molar-refractivity contribution is 5.78. The number of para-hydroxylation sites is 1. The van der Waals surface area contributed by atoms with E-state index < -0.39 is 5.54 Å². The van der Waals surface area contributed by atoms with Crippen LogP contribution in [0, 0.1) is 0 Å². The van der Waals surface area contributed by atoms with Crippen LogP contribution >= 0.6 is 0 Å². The van der Waals surface area contributed by atoms with Crippen LogP contribution in [0.2, 0.25) is 0 Å². The largest absolute Gasteiger partial charge is 0.398 e. The van der Waals surface area contributed by atoms with Crippen LogP contribution in [0.15, 0.2) is 151 Å². The van der Waals surface area contributed by atoms with E-state index in [1.165, 1.54) is 0 Å². The van der Waals surface area contributed by atoms with Crippen molar-refractivity contribution in [2.45, 2.75) is 5.54 Å². The van der Waals surface area contributed by atoms with E-state index >= 15 is 0 Å². The van der Waals surface area contributed by atoms with Crippen molar-refractivity contribution in [1.29, 1.82) is 0 Å². The monoisotopic (exact) mass is 443 g/mol. The van der Waals surface area contributed by atoms with Crippen molar-refractivity contribution in [2.75, 3.05) is 5.32 Å². The van der Waals surface area contributed by atoms with Crippen molar-refractivity contribution in [2.24, 2.45) is 11.5 Å². The van der Waals surface area contributed by atoms with Crippen molar-refractivity contribution < 1.29 is 0 Å². The molecular weight excluding hydrogens is 414 g/mol. The van der Waals surface area contributed by atoms with Crippen LogP contribution < -0.4 is 16.8 Å². The van der Waals surface area contributed by atoms with Gasteiger partial charge >= 0.3 is 0 Å². The third kappa shape index (κ3) is 5.17. The van der Waals surface area contributed by atoms with Crippen molar-refractivity contribution in [3.8, 4) is 11.1 Å². The molecule has 0 aliphatic rings. The number of allylic oxidation sites excluding steroid dienone is 1. The summed E-state index contributed by atoms with van der Waals surface area (Å²) in [5.41, 5.74) is 18.9. The van der Waals surface area contributed by atoms with Gasteiger partial charge in [0.1, 0.15) is 0 Å². The van der Waals surface area contributed by atoms with Gasteiger partial charge in [0.05, 0.1) is 5.54 Å². The molecule has 0 unspecified atom stereocenters. The van der Waals surface area contributed by atoms with Gasteiger partial charge in [-0.05, 0) is 40.5 Å². The summed E-state index contributed by atoms with van der Waals surface area (Å²) >= 11 is 0. The summed E-state index contributed by atoms with van der Waals surface area (Å²) in [4.78, 5) is 0. The first-order chi connectivity index (χ1) is 16.6. The molecule has 0 fully saturated rings. The highest BCUT2D eigenvalue weighted by Gasteiger charge is 2.27. The maximum atomic E-state index is 6.95. The Labute approximate surface area is 201 Å². The molecule has 3 nitrogen and oxygen atoms in total. The first-order valence-electron chi connectivity index (χ1n) is 11.2. The lowest BCUT2D eigenvalue weighted by atomic mass is 9.82. The lowest BCUT2D eigenvalue weighted by Crippen LogP contribution is -2.37. The van der Waals surface area contributed by atoms with E-state index in [0.29, 0.717) is 11.3 Å². The molecule has 0 amide bonds. The molecule has 0 saturated heterocycles. The minimum absolute atomic E-state index is 0.518. The molecule has 0 aliphatic carbocycles. The predicted molar refractivity (Wildman–Crippen MR) is 144 cm³/mol. The Kier molecular flexibility index (Phi) is 7.07. The van der Waals surface area contributed by atoms with E-state index in [2.05, 4.69) is 30.1 Å². The molecule has 0 atom stereocenters. The Morgan fingerprint density at radius 3 is 1.79 bits per heavy atom. The Morgan fingerprint density at radius 2 is 1.21 bits per heavy atom. The second-order valence-electron chi connectivity index (χ2n) is 8.12. The smallest absolute Gasteiger partial charge is 0.0875 e. The number of nitrogens with two attached hydrogens (primary N) is 2. The van der Waals surface area contributed by atoms with Crippen molar-refractivity contribution in [3.05, 3.63) is 163 Å². The third-order valence-electron chi connectivity index (χ3n) is 5.79. The van der Waals surface area contributed by atoms with E-state index in [9.17, 15) is 0 Å². The second-order valence-corrected chi connectivity index (χ2v) is 8.12. The summed E-state index contributed by atoms with van der Waals surface area (Å²) in [6.45, 7) is 4.16. The zero-order chi connectivity index (χ0) is 23.8. The van der Waals surface area contributed by atoms with Gasteiger partial charge in [0.15, 0.2) is 0 Å². The Bertz CT molecular complexity index is 1250. The fourth-order valence-corrected chi connectivity index (χ4v) is 3.91. The van der Waals surface area contributed by atoms with E-state index in [1.54, 1.807) is 0 Å². The lowest BCUT2D eigenvalue weighted by molar-refractivity contribution is 0.676. The SMILES string of the molecule is C=C(/C=C/Nc1ccccc1-c1ccccc1)/C(N)=C/C(N)(c1ccccc1)c1ccccc1. The van der Waals surface area contributed by atoms with Gasteiger partial charge in [0.25, 0.3) is 0 Å². The van der Waals surface area contributed by atoms with Crippen LogP contribution in [0.1, 0.15) is 11.1 Å². The summed E-state index contributed by atoms with van der Waals surface area (Å²) in [5, 5.41) is 3.37. The van der Waals surface area contributed by atoms with Gasteiger partial charge in [-0.1, -0.05) is 116 Å². The fourth-order valence-electron chi connectivity index (χ4n) is 3.91. The molecule has 4 aromatic carbocycles. The van der Waals surface area contributed by atoms with Crippen LogP contribution in [0.4, 0.5) is 5.69 Å². The summed E-state index contributed by atoms with van der Waals surface area (Å²) in [6.07, 6.45) is 5.60. The highest BCUT2D eigenvalue weighted by atomic mass is 14.8. The molecule has 168 valence electrons. The zero-order valence-corrected chi connectivity index (χ0v) is 19.1. The molecule has 4 rings (SSSR count). The second kappa shape index (κ2) is 10.5. The first-order valence-corrected chi connectivity index (χ1v) is 11.2. The lowest BCUT2D eigenvalue weighted by Gasteiger charge is -2.28. The van der Waals surface area contributed by atoms with Gasteiger partial charge in [0, 0.05) is 23.1 Å². The minimum atomic E-state index is -0.878. The molecule has 34 heavy (non-hydrogen) atoms. The average Bonchev–Trinajstić information content (AvgIpc) is 2.90. The Morgan fingerprint density at radius 1 is 0.706 bits per heavy atom. The first kappa shape index (κ1) is 22.8. The number of hydrogen-bond acceptors (Lipinski definition) is 3. The number of nitrogens with one attached hydrogen (secondary N) is 1. The van der Waals surface area contributed by atoms with Gasteiger partial charge in [-0.3, -0.25) is 0 Å². The number of rotatable bonds is 8. The van der Waals surface area contributed by atoms with Gasteiger partial charge in [-0.2, -0.15) is 0 Å². The Hall–Kier alpha value is -4.34. The number of hydrogen-bond donors (Lipinski definition) is 3. The summed E-state index contributed by atoms with van der Waals surface area (Å²) in [6, 6.07) is 38.4. The molecule has 0 spiro atoms. The molecule has 0 aromatic heterocycles. The quantitative estimate of drug-likeness (QED) is 0.270. The summed E-state index contributed by atoms with van der Waals surface area (Å²) in [7, 11) is 0. The van der Waals surface area contributed by atoms with Gasteiger partial charge in [-0.15, -0.1) is 0 Å². The maximum absolute atomic E-state index is 6.95. The molecule has 0 radical (unpaired) electrons. The highest BCUT2D eigenvalue weighted by Crippen LogP contribution is 2.30. The van der Waals surface area contributed by atoms with Crippen molar-refractivity contribution in [3.63, 3.8) is 0 Å². The molecule has 4 aromatic rings. The van der Waals surface area contributed by atoms with Crippen LogP contribution in [0.3, 0.4) is 0 Å². The zero-order valence-electron chi connectivity index (χ0n) is 19.1. The Balaban J connectivity index is 1.57. The van der Waals surface area contributed by atoms with Crippen molar-refractivity contribution >= 4 is 5.69 Å². The summed E-state index contributed by atoms with van der Waals surface area (Å²) in [5.74, 6) is 0. The maximum Gasteiger partial charge on any atom is 0.0875 e. The topological polar surface area (TPSA) is 64.1 Å². The van der Waals surface area contributed by atoms with E-state index in [4.69, 9.17) is 11.5 Å². The minimum Gasteiger partial charge on any atom is -0.398 e. The van der Waals surface area contributed by atoms with Crippen LogP contribution in [-0.2, 0) is 5.54 Å². The standard InChI is InChI=1S/C31H29N3/c1-24(21-22-34-30-20-12-11-19-28(30)25-13-5-2-6-14-25)29(32)23-31(33,26-15-7-3-8-16-26)27-17-9-4-10-18-27/h2-23,34H,1,32-33H2/b22-21+,29-23-. The summed E-state index contributed by atoms with van der Waals surface area (Å²) < 4.78 is 0. The van der Waals surface area contributed by atoms with Crippen LogP contribution in [-0.4, -0.2) is 0 Å². The van der Waals surface area contributed by atoms with E-state index in [0.717, 1.165) is 27.9 Å². The number of anilines is 1. The van der Waals surface area contributed by atoms with Crippen molar-refractivity contribution in [1.82, 2.24) is 0 Å². The third-order valence-corrected chi connectivity index (χ3v) is 5.79. The molecule has 0 heterocycles. The van der Waals surface area contributed by atoms with Crippen LogP contribution in [0.25, 0.3) is 11.1 Å². The molecule has 0 bridgehead atoms. The molecule has 3 heteroatoms. The fraction of sp³-hybridized carbons (Fsp3) is 0.0323. The van der Waals surface area contributed by atoms with Crippen LogP contribution in [0.5, 0.6) is 0 Å². The van der Waals surface area contributed by atoms with Gasteiger partial charge < -0.3 is 16.8 Å². The molecule has 0 aliphatic heterocycles.